The lowest BCUT2D eigenvalue weighted by Gasteiger charge is -2.33. The fourth-order valence-corrected chi connectivity index (χ4v) is 3.03. The summed E-state index contributed by atoms with van der Waals surface area (Å²) in [5.74, 6) is 0. The van der Waals surface area contributed by atoms with Gasteiger partial charge in [-0.2, -0.15) is 0 Å². The van der Waals surface area contributed by atoms with Gasteiger partial charge in [-0.05, 0) is 36.0 Å². The van der Waals surface area contributed by atoms with E-state index in [0.29, 0.717) is 5.41 Å². The fourth-order valence-electron chi connectivity index (χ4n) is 2.20. The van der Waals surface area contributed by atoms with Gasteiger partial charge in [-0.25, -0.2) is 0 Å². The van der Waals surface area contributed by atoms with Gasteiger partial charge < -0.3 is 10.1 Å². The molecule has 0 atom stereocenters. The van der Waals surface area contributed by atoms with E-state index in [-0.39, 0.29) is 0 Å². The zero-order valence-corrected chi connectivity index (χ0v) is 13.0. The first-order valence-electron chi connectivity index (χ1n) is 6.31. The maximum Gasteiger partial charge on any atom is 0.0471 e. The molecule has 18 heavy (non-hydrogen) atoms. The summed E-state index contributed by atoms with van der Waals surface area (Å²) in [5.41, 5.74) is 1.62. The third kappa shape index (κ3) is 3.95. The topological polar surface area (TPSA) is 21.3 Å². The van der Waals surface area contributed by atoms with Crippen LogP contribution in [0.25, 0.3) is 0 Å². The Morgan fingerprint density at radius 2 is 2.11 bits per heavy atom. The summed E-state index contributed by atoms with van der Waals surface area (Å²) in [6, 6.07) is 5.93. The number of benzene rings is 1. The van der Waals surface area contributed by atoms with E-state index in [2.05, 4.69) is 34.2 Å². The van der Waals surface area contributed by atoms with Crippen molar-refractivity contribution in [2.24, 2.45) is 5.41 Å². The molecule has 0 saturated carbocycles. The van der Waals surface area contributed by atoms with E-state index in [0.717, 1.165) is 48.6 Å². The minimum atomic E-state index is 0.372. The Balaban J connectivity index is 1.84. The molecule has 1 aliphatic rings. The van der Waals surface area contributed by atoms with Crippen LogP contribution in [0.4, 0.5) is 0 Å². The van der Waals surface area contributed by atoms with Gasteiger partial charge in [0, 0.05) is 35.8 Å². The zero-order valence-electron chi connectivity index (χ0n) is 10.6. The van der Waals surface area contributed by atoms with E-state index in [1.165, 1.54) is 5.56 Å². The van der Waals surface area contributed by atoms with E-state index >= 15 is 0 Å². The largest absolute Gasteiger partial charge is 0.381 e. The molecule has 0 aromatic heterocycles. The van der Waals surface area contributed by atoms with Crippen LogP contribution >= 0.6 is 27.5 Å². The molecule has 1 aromatic carbocycles. The Morgan fingerprint density at radius 1 is 1.39 bits per heavy atom. The van der Waals surface area contributed by atoms with Gasteiger partial charge in [0.2, 0.25) is 0 Å². The van der Waals surface area contributed by atoms with Crippen molar-refractivity contribution in [2.45, 2.75) is 26.3 Å². The molecule has 2 nitrogen and oxygen atoms in total. The summed E-state index contributed by atoms with van der Waals surface area (Å²) in [6.07, 6.45) is 2.28. The molecule has 0 unspecified atom stereocenters. The number of nitrogens with one attached hydrogen (secondary N) is 1. The van der Waals surface area contributed by atoms with Crippen LogP contribution < -0.4 is 5.32 Å². The quantitative estimate of drug-likeness (QED) is 0.899. The molecule has 0 amide bonds. The van der Waals surface area contributed by atoms with Crippen LogP contribution in [0.5, 0.6) is 0 Å². The lowest BCUT2D eigenvalue weighted by atomic mass is 9.82. The first kappa shape index (κ1) is 14.3. The summed E-state index contributed by atoms with van der Waals surface area (Å²) >= 11 is 9.47. The molecule has 100 valence electrons. The number of rotatable bonds is 4. The third-order valence-corrected chi connectivity index (χ3v) is 4.56. The van der Waals surface area contributed by atoms with E-state index < -0.39 is 0 Å². The number of hydrogen-bond donors (Lipinski definition) is 1. The minimum absolute atomic E-state index is 0.372. The fraction of sp³-hybridized carbons (Fsp3) is 0.571. The van der Waals surface area contributed by atoms with Crippen molar-refractivity contribution in [1.82, 2.24) is 5.32 Å². The van der Waals surface area contributed by atoms with E-state index in [1.807, 2.05) is 12.1 Å². The Bertz CT molecular complexity index is 405. The number of hydrogen-bond acceptors (Lipinski definition) is 2. The van der Waals surface area contributed by atoms with E-state index in [9.17, 15) is 0 Å². The lowest BCUT2D eigenvalue weighted by Crippen LogP contribution is -2.36. The van der Waals surface area contributed by atoms with Crippen molar-refractivity contribution in [3.8, 4) is 0 Å². The van der Waals surface area contributed by atoms with Crippen LogP contribution in [0.3, 0.4) is 0 Å². The predicted molar refractivity (Wildman–Crippen MR) is 79.0 cm³/mol. The van der Waals surface area contributed by atoms with Crippen molar-refractivity contribution in [3.05, 3.63) is 33.3 Å². The van der Waals surface area contributed by atoms with Crippen LogP contribution in [0.2, 0.25) is 5.02 Å². The first-order chi connectivity index (χ1) is 8.59. The molecule has 1 fully saturated rings. The van der Waals surface area contributed by atoms with Gasteiger partial charge in [0.05, 0.1) is 0 Å². The SMILES string of the molecule is CC1(CNCc2ccc(Cl)cc2Br)CCOCC1. The molecule has 1 N–H and O–H groups in total. The Morgan fingerprint density at radius 3 is 2.78 bits per heavy atom. The highest BCUT2D eigenvalue weighted by atomic mass is 79.9. The Hall–Kier alpha value is -0.0900. The van der Waals surface area contributed by atoms with Gasteiger partial charge in [0.1, 0.15) is 0 Å². The van der Waals surface area contributed by atoms with Crippen LogP contribution in [-0.4, -0.2) is 19.8 Å². The Kier molecular flexibility index (Phi) is 5.07. The van der Waals surface area contributed by atoms with E-state index in [1.54, 1.807) is 0 Å². The minimum Gasteiger partial charge on any atom is -0.381 e. The van der Waals surface area contributed by atoms with Gasteiger partial charge in [-0.15, -0.1) is 0 Å². The molecule has 0 spiro atoms. The highest BCUT2D eigenvalue weighted by Crippen LogP contribution is 2.29. The summed E-state index contributed by atoms with van der Waals surface area (Å²) in [7, 11) is 0. The van der Waals surface area contributed by atoms with Crippen LogP contribution in [0.1, 0.15) is 25.3 Å². The molecule has 1 aromatic rings. The molecule has 1 heterocycles. The Labute approximate surface area is 122 Å². The average Bonchev–Trinajstić information content (AvgIpc) is 2.33. The molecule has 4 heteroatoms. The second-order valence-corrected chi connectivity index (χ2v) is 6.55. The van der Waals surface area contributed by atoms with Gasteiger partial charge in [-0.3, -0.25) is 0 Å². The molecule has 1 aliphatic heterocycles. The summed E-state index contributed by atoms with van der Waals surface area (Å²) in [5, 5.41) is 4.31. The second-order valence-electron chi connectivity index (χ2n) is 5.26. The zero-order chi connectivity index (χ0) is 13.0. The molecule has 1 saturated heterocycles. The molecular weight excluding hydrogens is 314 g/mol. The molecule has 2 rings (SSSR count). The van der Waals surface area contributed by atoms with Gasteiger partial charge in [0.15, 0.2) is 0 Å². The van der Waals surface area contributed by atoms with Crippen LogP contribution in [0, 0.1) is 5.41 Å². The van der Waals surface area contributed by atoms with Gasteiger partial charge >= 0.3 is 0 Å². The highest BCUT2D eigenvalue weighted by molar-refractivity contribution is 9.10. The molecular formula is C14H19BrClNO. The van der Waals surface area contributed by atoms with Crippen LogP contribution in [0.15, 0.2) is 22.7 Å². The summed E-state index contributed by atoms with van der Waals surface area (Å²) in [4.78, 5) is 0. The van der Waals surface area contributed by atoms with Crippen molar-refractivity contribution < 1.29 is 4.74 Å². The molecule has 0 aliphatic carbocycles. The third-order valence-electron chi connectivity index (χ3n) is 3.58. The van der Waals surface area contributed by atoms with E-state index in [4.69, 9.17) is 16.3 Å². The molecule has 0 bridgehead atoms. The monoisotopic (exact) mass is 331 g/mol. The van der Waals surface area contributed by atoms with Gasteiger partial charge in [-0.1, -0.05) is 40.5 Å². The predicted octanol–water partition coefficient (Wildman–Crippen LogP) is 4.01. The van der Waals surface area contributed by atoms with Crippen molar-refractivity contribution >= 4 is 27.5 Å². The maximum absolute atomic E-state index is 5.93. The second kappa shape index (κ2) is 6.38. The molecule has 0 radical (unpaired) electrons. The highest BCUT2D eigenvalue weighted by Gasteiger charge is 2.26. The lowest BCUT2D eigenvalue weighted by molar-refractivity contribution is 0.0240. The van der Waals surface area contributed by atoms with Crippen molar-refractivity contribution in [1.29, 1.82) is 0 Å². The number of halogens is 2. The normalized spacial score (nSPS) is 18.8. The first-order valence-corrected chi connectivity index (χ1v) is 7.49. The summed E-state index contributed by atoms with van der Waals surface area (Å²) < 4.78 is 6.48. The average molecular weight is 333 g/mol. The van der Waals surface area contributed by atoms with Crippen molar-refractivity contribution in [2.75, 3.05) is 19.8 Å². The smallest absolute Gasteiger partial charge is 0.0471 e. The number of ether oxygens (including phenoxy) is 1. The van der Waals surface area contributed by atoms with Crippen molar-refractivity contribution in [3.63, 3.8) is 0 Å². The van der Waals surface area contributed by atoms with Crippen LogP contribution in [-0.2, 0) is 11.3 Å². The van der Waals surface area contributed by atoms with Gasteiger partial charge in [0.25, 0.3) is 0 Å². The maximum atomic E-state index is 5.93. The standard InChI is InChI=1S/C14H19BrClNO/c1-14(4-6-18-7-5-14)10-17-9-11-2-3-12(16)8-13(11)15/h2-3,8,17H,4-7,9-10H2,1H3. The summed E-state index contributed by atoms with van der Waals surface area (Å²) in [6.45, 7) is 6.02.